The van der Waals surface area contributed by atoms with Crippen LogP contribution in [0.15, 0.2) is 29.2 Å². The van der Waals surface area contributed by atoms with Crippen molar-refractivity contribution in [2.24, 2.45) is 0 Å². The molecule has 11 heteroatoms. The summed E-state index contributed by atoms with van der Waals surface area (Å²) in [6.45, 7) is 3.41. The number of rotatable bonds is 13. The third-order valence-corrected chi connectivity index (χ3v) is 4.73. The van der Waals surface area contributed by atoms with E-state index in [0.717, 1.165) is 39.0 Å². The van der Waals surface area contributed by atoms with Crippen molar-refractivity contribution in [3.05, 3.63) is 24.3 Å². The van der Waals surface area contributed by atoms with E-state index in [1.165, 1.54) is 12.1 Å². The SMILES string of the molecule is CN(C)CCCNc1nc(NCCCN(C)C)nc(Nc2ccc(S(=O)[O-])cc2)n1. The van der Waals surface area contributed by atoms with Gasteiger partial charge in [-0.2, -0.15) is 15.0 Å². The summed E-state index contributed by atoms with van der Waals surface area (Å²) in [6, 6.07) is 6.38. The summed E-state index contributed by atoms with van der Waals surface area (Å²) in [7, 11) is 8.14. The molecule has 1 aromatic carbocycles. The molecule has 2 rings (SSSR count). The van der Waals surface area contributed by atoms with Crippen molar-refractivity contribution in [1.82, 2.24) is 24.8 Å². The van der Waals surface area contributed by atoms with Crippen LogP contribution < -0.4 is 16.0 Å². The number of aromatic nitrogens is 3. The first-order chi connectivity index (χ1) is 14.3. The summed E-state index contributed by atoms with van der Waals surface area (Å²) < 4.78 is 22.0. The van der Waals surface area contributed by atoms with E-state index in [0.29, 0.717) is 23.5 Å². The fourth-order valence-electron chi connectivity index (χ4n) is 2.56. The smallest absolute Gasteiger partial charge is 0.233 e. The highest BCUT2D eigenvalue weighted by atomic mass is 32.2. The summed E-state index contributed by atoms with van der Waals surface area (Å²) in [4.78, 5) is 17.8. The van der Waals surface area contributed by atoms with Crippen molar-refractivity contribution in [2.75, 3.05) is 70.3 Å². The molecule has 1 atom stereocenters. The molecule has 0 fully saturated rings. The zero-order valence-electron chi connectivity index (χ0n) is 18.0. The Kier molecular flexibility index (Phi) is 9.87. The number of anilines is 4. The molecule has 30 heavy (non-hydrogen) atoms. The van der Waals surface area contributed by atoms with E-state index in [1.54, 1.807) is 12.1 Å². The highest BCUT2D eigenvalue weighted by Gasteiger charge is 2.07. The standard InChI is InChI=1S/C19H32N8O2S/c1-26(2)13-5-11-20-17-23-18(21-12-6-14-27(3)4)25-19(24-17)22-15-7-9-16(10-8-15)30(28)29/h7-10H,5-6,11-14H2,1-4H3,(H,28,29)(H3,20,21,22,23,24,25)/p-1. The van der Waals surface area contributed by atoms with Crippen molar-refractivity contribution >= 4 is 34.6 Å². The van der Waals surface area contributed by atoms with E-state index in [9.17, 15) is 8.76 Å². The highest BCUT2D eigenvalue weighted by Crippen LogP contribution is 2.17. The minimum absolute atomic E-state index is 0.225. The van der Waals surface area contributed by atoms with Gasteiger partial charge in [-0.1, -0.05) is 0 Å². The summed E-state index contributed by atoms with van der Waals surface area (Å²) in [6.07, 6.45) is 1.92. The van der Waals surface area contributed by atoms with Gasteiger partial charge in [-0.25, -0.2) is 0 Å². The van der Waals surface area contributed by atoms with Crippen LogP contribution >= 0.6 is 0 Å². The molecule has 2 aromatic rings. The van der Waals surface area contributed by atoms with Crippen LogP contribution in [0.3, 0.4) is 0 Å². The van der Waals surface area contributed by atoms with Crippen molar-refractivity contribution in [3.63, 3.8) is 0 Å². The monoisotopic (exact) mass is 435 g/mol. The van der Waals surface area contributed by atoms with Crippen LogP contribution in [0.4, 0.5) is 23.5 Å². The normalized spacial score (nSPS) is 12.2. The van der Waals surface area contributed by atoms with Crippen molar-refractivity contribution in [2.45, 2.75) is 17.7 Å². The molecule has 1 aromatic heterocycles. The third-order valence-electron chi connectivity index (χ3n) is 4.07. The molecule has 1 heterocycles. The Hall–Kier alpha value is -2.34. The van der Waals surface area contributed by atoms with Crippen LogP contribution in [0.1, 0.15) is 12.8 Å². The lowest BCUT2D eigenvalue weighted by Gasteiger charge is -2.13. The van der Waals surface area contributed by atoms with E-state index in [4.69, 9.17) is 0 Å². The van der Waals surface area contributed by atoms with E-state index in [1.807, 2.05) is 28.2 Å². The fourth-order valence-corrected chi connectivity index (χ4v) is 2.92. The first kappa shape index (κ1) is 23.9. The zero-order chi connectivity index (χ0) is 21.9. The maximum Gasteiger partial charge on any atom is 0.233 e. The Morgan fingerprint density at radius 1 is 0.833 bits per heavy atom. The van der Waals surface area contributed by atoms with E-state index in [-0.39, 0.29) is 4.90 Å². The Morgan fingerprint density at radius 3 is 1.73 bits per heavy atom. The molecule has 10 nitrogen and oxygen atoms in total. The van der Waals surface area contributed by atoms with Gasteiger partial charge in [0.1, 0.15) is 0 Å². The summed E-state index contributed by atoms with van der Waals surface area (Å²) in [5.41, 5.74) is 0.688. The summed E-state index contributed by atoms with van der Waals surface area (Å²) in [5, 5.41) is 9.59. The summed E-state index contributed by atoms with van der Waals surface area (Å²) >= 11 is -2.25. The van der Waals surface area contributed by atoms with Gasteiger partial charge in [-0.05, 0) is 89.5 Å². The largest absolute Gasteiger partial charge is 0.768 e. The predicted octanol–water partition coefficient (Wildman–Crippen LogP) is 1.58. The highest BCUT2D eigenvalue weighted by molar-refractivity contribution is 7.79. The van der Waals surface area contributed by atoms with Gasteiger partial charge in [0.15, 0.2) is 0 Å². The fraction of sp³-hybridized carbons (Fsp3) is 0.526. The lowest BCUT2D eigenvalue weighted by atomic mass is 10.3. The second-order valence-corrected chi connectivity index (χ2v) is 8.30. The quantitative estimate of drug-likeness (QED) is 0.316. The van der Waals surface area contributed by atoms with Gasteiger partial charge in [-0.3, -0.25) is 4.21 Å². The van der Waals surface area contributed by atoms with Crippen molar-refractivity contribution in [1.29, 1.82) is 0 Å². The first-order valence-corrected chi connectivity index (χ1v) is 10.9. The average molecular weight is 436 g/mol. The maximum absolute atomic E-state index is 11.0. The first-order valence-electron chi connectivity index (χ1n) is 9.83. The third kappa shape index (κ3) is 8.99. The maximum atomic E-state index is 11.0. The number of nitrogens with zero attached hydrogens (tertiary/aromatic N) is 5. The van der Waals surface area contributed by atoms with Crippen molar-refractivity contribution < 1.29 is 8.76 Å². The van der Waals surface area contributed by atoms with E-state index in [2.05, 4.69) is 40.7 Å². The lowest BCUT2D eigenvalue weighted by molar-refractivity contribution is 0.405. The number of benzene rings is 1. The average Bonchev–Trinajstić information content (AvgIpc) is 2.69. The second-order valence-electron chi connectivity index (χ2n) is 7.36. The molecule has 0 amide bonds. The van der Waals surface area contributed by atoms with Crippen LogP contribution in [0.5, 0.6) is 0 Å². The molecule has 0 radical (unpaired) electrons. The van der Waals surface area contributed by atoms with Crippen LogP contribution in [0.2, 0.25) is 0 Å². The topological polar surface area (TPSA) is 121 Å². The van der Waals surface area contributed by atoms with Crippen LogP contribution in [-0.4, -0.2) is 87.9 Å². The van der Waals surface area contributed by atoms with E-state index < -0.39 is 11.1 Å². The van der Waals surface area contributed by atoms with Gasteiger partial charge < -0.3 is 30.3 Å². The molecule has 3 N–H and O–H groups in total. The molecular weight excluding hydrogens is 404 g/mol. The van der Waals surface area contributed by atoms with Crippen LogP contribution in [0.25, 0.3) is 0 Å². The zero-order valence-corrected chi connectivity index (χ0v) is 18.8. The molecule has 0 aliphatic heterocycles. The van der Waals surface area contributed by atoms with Crippen LogP contribution in [-0.2, 0) is 11.1 Å². The Bertz CT molecular complexity index is 767. The van der Waals surface area contributed by atoms with Gasteiger partial charge in [-0.15, -0.1) is 0 Å². The molecule has 0 aliphatic rings. The Labute approximate surface area is 180 Å². The van der Waals surface area contributed by atoms with Gasteiger partial charge >= 0.3 is 0 Å². The molecule has 0 bridgehead atoms. The molecule has 0 spiro atoms. The van der Waals surface area contributed by atoms with E-state index >= 15 is 0 Å². The minimum atomic E-state index is -2.25. The predicted molar refractivity (Wildman–Crippen MR) is 120 cm³/mol. The molecule has 166 valence electrons. The lowest BCUT2D eigenvalue weighted by Crippen LogP contribution is -2.19. The summed E-state index contributed by atoms with van der Waals surface area (Å²) in [5.74, 6) is 1.35. The molecule has 0 aliphatic carbocycles. The number of hydrogen-bond donors (Lipinski definition) is 3. The van der Waals surface area contributed by atoms with Gasteiger partial charge in [0, 0.05) is 23.7 Å². The van der Waals surface area contributed by atoms with Gasteiger partial charge in [0.25, 0.3) is 0 Å². The number of hydrogen-bond acceptors (Lipinski definition) is 10. The Morgan fingerprint density at radius 2 is 1.30 bits per heavy atom. The molecule has 0 saturated carbocycles. The molecule has 0 saturated heterocycles. The Balaban J connectivity index is 2.07. The van der Waals surface area contributed by atoms with Crippen LogP contribution in [0, 0.1) is 0 Å². The molecular formula is C19H31N8O2S-. The van der Waals surface area contributed by atoms with Crippen molar-refractivity contribution in [3.8, 4) is 0 Å². The minimum Gasteiger partial charge on any atom is -0.768 e. The number of nitrogens with one attached hydrogen (secondary N) is 3. The van der Waals surface area contributed by atoms with Gasteiger partial charge in [0.05, 0.1) is 0 Å². The van der Waals surface area contributed by atoms with Gasteiger partial charge in [0.2, 0.25) is 17.8 Å². The molecule has 1 unspecified atom stereocenters. The second kappa shape index (κ2) is 12.4.